The van der Waals surface area contributed by atoms with Crippen molar-refractivity contribution < 1.29 is 13.9 Å². The number of carbonyl (C=O) groups is 1. The van der Waals surface area contributed by atoms with Gasteiger partial charge in [-0.25, -0.2) is 9.78 Å². The van der Waals surface area contributed by atoms with Gasteiger partial charge in [0.2, 0.25) is 0 Å². The molecule has 11 heavy (non-hydrogen) atoms. The predicted molar refractivity (Wildman–Crippen MR) is 35.7 cm³/mol. The van der Waals surface area contributed by atoms with E-state index in [-0.39, 0.29) is 0 Å². The minimum atomic E-state index is -0.479. The second-order valence-electron chi connectivity index (χ2n) is 1.82. The van der Waals surface area contributed by atoms with Crippen LogP contribution in [0.25, 0.3) is 0 Å². The highest BCUT2D eigenvalue weighted by molar-refractivity contribution is 5.66. The van der Waals surface area contributed by atoms with Crippen LogP contribution in [0.3, 0.4) is 0 Å². The molecule has 0 fully saturated rings. The summed E-state index contributed by atoms with van der Waals surface area (Å²) in [7, 11) is 1.30. The van der Waals surface area contributed by atoms with Gasteiger partial charge >= 0.3 is 6.09 Å². The van der Waals surface area contributed by atoms with Crippen molar-refractivity contribution in [2.75, 3.05) is 7.11 Å². The fraction of sp³-hybridized carbons (Fsp3) is 0.333. The summed E-state index contributed by atoms with van der Waals surface area (Å²) >= 11 is 0. The summed E-state index contributed by atoms with van der Waals surface area (Å²) in [4.78, 5) is 14.3. The smallest absolute Gasteiger partial charge is 0.407 e. The van der Waals surface area contributed by atoms with Crippen molar-refractivity contribution in [3.05, 3.63) is 18.4 Å². The lowest BCUT2D eigenvalue weighted by atomic mass is 10.5. The van der Waals surface area contributed by atoms with Crippen LogP contribution in [0.2, 0.25) is 0 Å². The zero-order valence-electron chi connectivity index (χ0n) is 6.03. The third kappa shape index (κ3) is 2.29. The highest BCUT2D eigenvalue weighted by Crippen LogP contribution is 1.92. The monoisotopic (exact) mass is 156 g/mol. The van der Waals surface area contributed by atoms with Gasteiger partial charge in [0.1, 0.15) is 6.26 Å². The molecule has 1 rings (SSSR count). The van der Waals surface area contributed by atoms with Gasteiger partial charge in [-0.05, 0) is 0 Å². The number of carbonyl (C=O) groups excluding carboxylic acids is 1. The Morgan fingerprint density at radius 1 is 1.91 bits per heavy atom. The largest absolute Gasteiger partial charge is 0.453 e. The van der Waals surface area contributed by atoms with Gasteiger partial charge < -0.3 is 14.5 Å². The molecular weight excluding hydrogens is 148 g/mol. The molecule has 60 valence electrons. The van der Waals surface area contributed by atoms with Crippen molar-refractivity contribution in [1.82, 2.24) is 10.3 Å². The van der Waals surface area contributed by atoms with Crippen LogP contribution in [0.4, 0.5) is 4.79 Å². The molecule has 5 nitrogen and oxygen atoms in total. The van der Waals surface area contributed by atoms with E-state index in [1.165, 1.54) is 19.8 Å². The Bertz CT molecular complexity index is 220. The minimum Gasteiger partial charge on any atom is -0.453 e. The number of rotatable bonds is 2. The van der Waals surface area contributed by atoms with Crippen LogP contribution in [0.15, 0.2) is 17.1 Å². The molecule has 1 N–H and O–H groups in total. The van der Waals surface area contributed by atoms with Gasteiger partial charge in [0, 0.05) is 0 Å². The molecule has 0 aliphatic heterocycles. The second-order valence-corrected chi connectivity index (χ2v) is 1.82. The van der Waals surface area contributed by atoms with E-state index in [1.807, 2.05) is 0 Å². The number of hydrogen-bond acceptors (Lipinski definition) is 4. The van der Waals surface area contributed by atoms with E-state index in [1.54, 1.807) is 0 Å². The molecule has 0 bridgehead atoms. The van der Waals surface area contributed by atoms with E-state index < -0.39 is 6.09 Å². The molecule has 0 aliphatic carbocycles. The molecule has 5 heteroatoms. The number of ether oxygens (including phenoxy) is 1. The van der Waals surface area contributed by atoms with E-state index in [2.05, 4.69) is 19.5 Å². The Balaban J connectivity index is 2.29. The number of hydrogen-bond donors (Lipinski definition) is 1. The molecule has 0 saturated heterocycles. The Kier molecular flexibility index (Phi) is 2.48. The Hall–Kier alpha value is -1.52. The Morgan fingerprint density at radius 2 is 2.73 bits per heavy atom. The van der Waals surface area contributed by atoms with Crippen LogP contribution in [-0.4, -0.2) is 18.2 Å². The summed E-state index contributed by atoms with van der Waals surface area (Å²) in [6, 6.07) is 0. The zero-order chi connectivity index (χ0) is 8.10. The van der Waals surface area contributed by atoms with E-state index in [4.69, 9.17) is 0 Å². The van der Waals surface area contributed by atoms with Crippen molar-refractivity contribution in [2.45, 2.75) is 6.54 Å². The van der Waals surface area contributed by atoms with Crippen molar-refractivity contribution in [2.24, 2.45) is 0 Å². The standard InChI is InChI=1S/C6H8N2O3/c1-10-6(9)7-2-5-3-11-4-8-5/h3-4H,2H2,1H3,(H,7,9). The molecule has 0 unspecified atom stereocenters. The van der Waals surface area contributed by atoms with Gasteiger partial charge in [0.15, 0.2) is 6.39 Å². The maximum absolute atomic E-state index is 10.5. The maximum atomic E-state index is 10.5. The van der Waals surface area contributed by atoms with Crippen molar-refractivity contribution in [1.29, 1.82) is 0 Å². The van der Waals surface area contributed by atoms with E-state index in [0.29, 0.717) is 12.2 Å². The summed E-state index contributed by atoms with van der Waals surface area (Å²) in [5.41, 5.74) is 0.662. The Morgan fingerprint density at radius 3 is 3.27 bits per heavy atom. The molecular formula is C6H8N2O3. The Labute approximate surface area is 63.4 Å². The second kappa shape index (κ2) is 3.60. The molecule has 0 saturated carbocycles. The van der Waals surface area contributed by atoms with Crippen LogP contribution < -0.4 is 5.32 Å². The van der Waals surface area contributed by atoms with Gasteiger partial charge in [0.25, 0.3) is 0 Å². The predicted octanol–water partition coefficient (Wildman–Crippen LogP) is 0.531. The third-order valence-corrected chi connectivity index (χ3v) is 1.08. The fourth-order valence-electron chi connectivity index (χ4n) is 0.560. The summed E-state index contributed by atoms with van der Waals surface area (Å²) in [6.45, 7) is 0.323. The van der Waals surface area contributed by atoms with E-state index >= 15 is 0 Å². The van der Waals surface area contributed by atoms with Gasteiger partial charge in [-0.1, -0.05) is 0 Å². The average molecular weight is 156 g/mol. The lowest BCUT2D eigenvalue weighted by Gasteiger charge is -1.98. The lowest BCUT2D eigenvalue weighted by molar-refractivity contribution is 0.170. The SMILES string of the molecule is COC(=O)NCc1cocn1. The summed E-state index contributed by atoms with van der Waals surface area (Å²) in [5, 5.41) is 2.45. The first-order valence-electron chi connectivity index (χ1n) is 3.02. The molecule has 1 aromatic heterocycles. The van der Waals surface area contributed by atoms with E-state index in [0.717, 1.165) is 0 Å². The van der Waals surface area contributed by atoms with Crippen LogP contribution in [0.1, 0.15) is 5.69 Å². The molecule has 0 aromatic carbocycles. The summed E-state index contributed by atoms with van der Waals surface area (Å²) < 4.78 is 9.02. The highest BCUT2D eigenvalue weighted by atomic mass is 16.5. The van der Waals surface area contributed by atoms with Gasteiger partial charge in [-0.2, -0.15) is 0 Å². The van der Waals surface area contributed by atoms with Crippen molar-refractivity contribution in [3.8, 4) is 0 Å². The molecule has 1 amide bonds. The first-order valence-corrected chi connectivity index (χ1v) is 3.02. The minimum absolute atomic E-state index is 0.323. The lowest BCUT2D eigenvalue weighted by Crippen LogP contribution is -2.22. The van der Waals surface area contributed by atoms with Crippen molar-refractivity contribution in [3.63, 3.8) is 0 Å². The van der Waals surface area contributed by atoms with Crippen LogP contribution in [-0.2, 0) is 11.3 Å². The zero-order valence-corrected chi connectivity index (χ0v) is 6.03. The van der Waals surface area contributed by atoms with Crippen LogP contribution >= 0.6 is 0 Å². The average Bonchev–Trinajstić information content (AvgIpc) is 2.52. The number of nitrogens with one attached hydrogen (secondary N) is 1. The van der Waals surface area contributed by atoms with Crippen LogP contribution in [0, 0.1) is 0 Å². The molecule has 0 radical (unpaired) electrons. The highest BCUT2D eigenvalue weighted by Gasteiger charge is 1.99. The normalized spacial score (nSPS) is 9.18. The van der Waals surface area contributed by atoms with Crippen LogP contribution in [0.5, 0.6) is 0 Å². The van der Waals surface area contributed by atoms with Gasteiger partial charge in [-0.15, -0.1) is 0 Å². The number of amides is 1. The number of aromatic nitrogens is 1. The number of alkyl carbamates (subject to hydrolysis) is 1. The first-order chi connectivity index (χ1) is 5.33. The molecule has 0 aliphatic rings. The molecule has 1 aromatic rings. The number of methoxy groups -OCH3 is 1. The molecule has 0 atom stereocenters. The topological polar surface area (TPSA) is 64.4 Å². The van der Waals surface area contributed by atoms with Gasteiger partial charge in [-0.3, -0.25) is 0 Å². The quantitative estimate of drug-likeness (QED) is 0.678. The number of nitrogens with zero attached hydrogens (tertiary/aromatic N) is 1. The van der Waals surface area contributed by atoms with Crippen molar-refractivity contribution >= 4 is 6.09 Å². The molecule has 0 spiro atoms. The fourth-order valence-corrected chi connectivity index (χ4v) is 0.560. The molecule has 1 heterocycles. The van der Waals surface area contributed by atoms with Gasteiger partial charge in [0.05, 0.1) is 19.3 Å². The first kappa shape index (κ1) is 7.59. The maximum Gasteiger partial charge on any atom is 0.407 e. The number of oxazole rings is 1. The third-order valence-electron chi connectivity index (χ3n) is 1.08. The summed E-state index contributed by atoms with van der Waals surface area (Å²) in [6.07, 6.45) is 2.28. The van der Waals surface area contributed by atoms with E-state index in [9.17, 15) is 4.79 Å². The summed E-state index contributed by atoms with van der Waals surface area (Å²) in [5.74, 6) is 0.